The number of carbonyl (C=O) groups excluding carboxylic acids is 1. The van der Waals surface area contributed by atoms with E-state index in [0.717, 1.165) is 51.3 Å². The molecule has 1 aromatic heterocycles. The molecule has 22 heavy (non-hydrogen) atoms. The van der Waals surface area contributed by atoms with Crippen LogP contribution in [0.3, 0.4) is 0 Å². The van der Waals surface area contributed by atoms with E-state index in [1.165, 1.54) is 0 Å². The second-order valence-electron chi connectivity index (χ2n) is 5.94. The number of aromatic nitrogens is 1. The van der Waals surface area contributed by atoms with Gasteiger partial charge < -0.3 is 19.8 Å². The number of likely N-dealkylation sites (N-methyl/N-ethyl adjacent to an activating group) is 1. The lowest BCUT2D eigenvalue weighted by atomic mass is 10.0. The highest BCUT2D eigenvalue weighted by Crippen LogP contribution is 2.25. The molecule has 1 N–H and O–H groups in total. The molecular formula is C16H24N4O2. The van der Waals surface area contributed by atoms with Gasteiger partial charge in [0.05, 0.1) is 12.3 Å². The summed E-state index contributed by atoms with van der Waals surface area (Å²) in [4.78, 5) is 22.7. The van der Waals surface area contributed by atoms with Gasteiger partial charge >= 0.3 is 6.03 Å². The highest BCUT2D eigenvalue weighted by atomic mass is 16.3. The Hall–Kier alpha value is -1.82. The molecule has 2 saturated heterocycles. The number of urea groups is 1. The van der Waals surface area contributed by atoms with Crippen LogP contribution in [0.15, 0.2) is 18.3 Å². The summed E-state index contributed by atoms with van der Waals surface area (Å²) >= 11 is 0. The molecule has 0 aromatic carbocycles. The molecule has 3 rings (SSSR count). The van der Waals surface area contributed by atoms with E-state index < -0.39 is 0 Å². The first kappa shape index (κ1) is 15.1. The third-order valence-corrected chi connectivity index (χ3v) is 4.74. The minimum absolute atomic E-state index is 0.0283. The van der Waals surface area contributed by atoms with Gasteiger partial charge in [0, 0.05) is 50.6 Å². The van der Waals surface area contributed by atoms with E-state index in [1.54, 1.807) is 6.20 Å². The van der Waals surface area contributed by atoms with Crippen LogP contribution in [-0.2, 0) is 6.61 Å². The second-order valence-corrected chi connectivity index (χ2v) is 5.94. The Morgan fingerprint density at radius 3 is 2.68 bits per heavy atom. The average molecular weight is 304 g/mol. The van der Waals surface area contributed by atoms with Crippen molar-refractivity contribution >= 4 is 11.7 Å². The van der Waals surface area contributed by atoms with Crippen LogP contribution in [0.25, 0.3) is 0 Å². The zero-order valence-corrected chi connectivity index (χ0v) is 13.1. The highest BCUT2D eigenvalue weighted by molar-refractivity contribution is 5.76. The van der Waals surface area contributed by atoms with Crippen LogP contribution in [0.4, 0.5) is 10.5 Å². The Balaban J connectivity index is 1.59. The SMILES string of the molecule is CCN1CCN(C2CCN(c3ccnc(CO)c3)CC2)C1=O. The summed E-state index contributed by atoms with van der Waals surface area (Å²) in [5, 5.41) is 9.19. The van der Waals surface area contributed by atoms with Gasteiger partial charge in [0.1, 0.15) is 0 Å². The maximum absolute atomic E-state index is 12.3. The van der Waals surface area contributed by atoms with Crippen molar-refractivity contribution in [3.8, 4) is 0 Å². The number of nitrogens with zero attached hydrogens (tertiary/aromatic N) is 4. The van der Waals surface area contributed by atoms with E-state index in [0.29, 0.717) is 11.7 Å². The molecule has 6 nitrogen and oxygen atoms in total. The summed E-state index contributed by atoms with van der Waals surface area (Å²) in [5.74, 6) is 0. The van der Waals surface area contributed by atoms with Gasteiger partial charge in [0.25, 0.3) is 0 Å². The average Bonchev–Trinajstić information content (AvgIpc) is 2.96. The Kier molecular flexibility index (Phi) is 4.47. The summed E-state index contributed by atoms with van der Waals surface area (Å²) in [6.45, 7) is 6.41. The molecule has 120 valence electrons. The van der Waals surface area contributed by atoms with E-state index >= 15 is 0 Å². The van der Waals surface area contributed by atoms with Crippen LogP contribution in [0.5, 0.6) is 0 Å². The maximum atomic E-state index is 12.3. The molecule has 2 fully saturated rings. The normalized spacial score (nSPS) is 20.1. The molecule has 2 aliphatic heterocycles. The van der Waals surface area contributed by atoms with Crippen LogP contribution >= 0.6 is 0 Å². The quantitative estimate of drug-likeness (QED) is 0.911. The van der Waals surface area contributed by atoms with Gasteiger partial charge in [-0.3, -0.25) is 4.98 Å². The number of amides is 2. The van der Waals surface area contributed by atoms with Crippen LogP contribution in [0.1, 0.15) is 25.5 Å². The number of pyridine rings is 1. The third kappa shape index (κ3) is 2.88. The topological polar surface area (TPSA) is 59.9 Å². The molecule has 0 bridgehead atoms. The number of hydrogen-bond donors (Lipinski definition) is 1. The summed E-state index contributed by atoms with van der Waals surface area (Å²) in [5.41, 5.74) is 1.81. The Morgan fingerprint density at radius 2 is 2.05 bits per heavy atom. The second kappa shape index (κ2) is 6.52. The van der Waals surface area contributed by atoms with E-state index in [4.69, 9.17) is 0 Å². The monoisotopic (exact) mass is 304 g/mol. The molecule has 6 heteroatoms. The van der Waals surface area contributed by atoms with Gasteiger partial charge in [-0.05, 0) is 31.9 Å². The van der Waals surface area contributed by atoms with Crippen LogP contribution in [-0.4, -0.2) is 64.7 Å². The summed E-state index contributed by atoms with van der Waals surface area (Å²) < 4.78 is 0. The minimum atomic E-state index is -0.0283. The Morgan fingerprint density at radius 1 is 1.27 bits per heavy atom. The van der Waals surface area contributed by atoms with Gasteiger partial charge in [0.15, 0.2) is 0 Å². The number of aliphatic hydroxyl groups is 1. The molecule has 3 heterocycles. The van der Waals surface area contributed by atoms with Crippen molar-refractivity contribution in [2.45, 2.75) is 32.4 Å². The molecule has 1 aromatic rings. The molecule has 0 aliphatic carbocycles. The predicted octanol–water partition coefficient (Wildman–Crippen LogP) is 1.30. The van der Waals surface area contributed by atoms with Gasteiger partial charge in [0.2, 0.25) is 0 Å². The first-order chi connectivity index (χ1) is 10.7. The van der Waals surface area contributed by atoms with E-state index in [1.807, 2.05) is 28.9 Å². The van der Waals surface area contributed by atoms with Crippen LogP contribution in [0, 0.1) is 0 Å². The molecule has 2 aliphatic rings. The van der Waals surface area contributed by atoms with E-state index in [-0.39, 0.29) is 12.6 Å². The van der Waals surface area contributed by atoms with Crippen molar-refractivity contribution in [2.24, 2.45) is 0 Å². The van der Waals surface area contributed by atoms with Crippen molar-refractivity contribution in [1.29, 1.82) is 0 Å². The number of rotatable bonds is 4. The van der Waals surface area contributed by atoms with Gasteiger partial charge in [-0.2, -0.15) is 0 Å². The van der Waals surface area contributed by atoms with Crippen molar-refractivity contribution in [2.75, 3.05) is 37.6 Å². The molecular weight excluding hydrogens is 280 g/mol. The zero-order valence-electron chi connectivity index (χ0n) is 13.1. The summed E-state index contributed by atoms with van der Waals surface area (Å²) in [6.07, 6.45) is 3.75. The molecule has 0 spiro atoms. The lowest BCUT2D eigenvalue weighted by molar-refractivity contribution is 0.169. The first-order valence-corrected chi connectivity index (χ1v) is 8.09. The smallest absolute Gasteiger partial charge is 0.320 e. The zero-order chi connectivity index (χ0) is 15.5. The fraction of sp³-hybridized carbons (Fsp3) is 0.625. The standard InChI is InChI=1S/C16H24N4O2/c1-2-18-9-10-20(16(18)22)14-4-7-19(8-5-14)15-3-6-17-13(11-15)12-21/h3,6,11,14,21H,2,4-5,7-10,12H2,1H3. The number of carbonyl (C=O) groups is 1. The third-order valence-electron chi connectivity index (χ3n) is 4.74. The lowest BCUT2D eigenvalue weighted by Crippen LogP contribution is -2.46. The van der Waals surface area contributed by atoms with Crippen LogP contribution in [0.2, 0.25) is 0 Å². The van der Waals surface area contributed by atoms with Crippen molar-refractivity contribution in [3.63, 3.8) is 0 Å². The Bertz CT molecular complexity index is 529. The lowest BCUT2D eigenvalue weighted by Gasteiger charge is -2.37. The van der Waals surface area contributed by atoms with E-state index in [2.05, 4.69) is 9.88 Å². The number of hydrogen-bond acceptors (Lipinski definition) is 4. The Labute approximate surface area is 131 Å². The minimum Gasteiger partial charge on any atom is -0.390 e. The number of anilines is 1. The van der Waals surface area contributed by atoms with Crippen molar-refractivity contribution < 1.29 is 9.90 Å². The largest absolute Gasteiger partial charge is 0.390 e. The predicted molar refractivity (Wildman–Crippen MR) is 84.7 cm³/mol. The summed E-state index contributed by atoms with van der Waals surface area (Å²) in [6, 6.07) is 4.49. The highest BCUT2D eigenvalue weighted by Gasteiger charge is 2.34. The number of piperidine rings is 1. The van der Waals surface area contributed by atoms with Crippen molar-refractivity contribution in [1.82, 2.24) is 14.8 Å². The number of aliphatic hydroxyl groups excluding tert-OH is 1. The van der Waals surface area contributed by atoms with Gasteiger partial charge in [-0.15, -0.1) is 0 Å². The molecule has 2 amide bonds. The maximum Gasteiger partial charge on any atom is 0.320 e. The molecule has 0 atom stereocenters. The van der Waals surface area contributed by atoms with E-state index in [9.17, 15) is 9.90 Å². The van der Waals surface area contributed by atoms with Crippen LogP contribution < -0.4 is 4.90 Å². The van der Waals surface area contributed by atoms with Crippen molar-refractivity contribution in [3.05, 3.63) is 24.0 Å². The fourth-order valence-electron chi connectivity index (χ4n) is 3.42. The molecule has 0 unspecified atom stereocenters. The molecule has 0 radical (unpaired) electrons. The molecule has 0 saturated carbocycles. The summed E-state index contributed by atoms with van der Waals surface area (Å²) in [7, 11) is 0. The van der Waals surface area contributed by atoms with Gasteiger partial charge in [-0.1, -0.05) is 0 Å². The first-order valence-electron chi connectivity index (χ1n) is 8.09. The fourth-order valence-corrected chi connectivity index (χ4v) is 3.42. The van der Waals surface area contributed by atoms with Gasteiger partial charge in [-0.25, -0.2) is 4.79 Å².